The summed E-state index contributed by atoms with van der Waals surface area (Å²) in [5.41, 5.74) is -1.03. The lowest BCUT2D eigenvalue weighted by Crippen LogP contribution is -2.59. The molecule has 7 heteroatoms. The van der Waals surface area contributed by atoms with Gasteiger partial charge in [-0.1, -0.05) is 27.2 Å². The number of unbranched alkanes of at least 4 members (excludes halogenated alkanes) is 1. The van der Waals surface area contributed by atoms with Crippen LogP contribution in [0, 0.1) is 11.8 Å². The molecular formula is C14H25NO5S. The van der Waals surface area contributed by atoms with Gasteiger partial charge in [0.05, 0.1) is 23.7 Å². The number of amides is 1. The van der Waals surface area contributed by atoms with E-state index < -0.39 is 29.0 Å². The number of hydrogen-bond donors (Lipinski definition) is 4. The van der Waals surface area contributed by atoms with E-state index in [1.165, 1.54) is 0 Å². The van der Waals surface area contributed by atoms with Crippen LogP contribution >= 0.6 is 11.8 Å². The Hall–Kier alpha value is -0.790. The maximum absolute atomic E-state index is 11.8. The molecular weight excluding hydrogens is 294 g/mol. The number of carbonyl (C=O) groups is 2. The summed E-state index contributed by atoms with van der Waals surface area (Å²) in [5.74, 6) is -0.421. The highest BCUT2D eigenvalue weighted by atomic mass is 32.2. The van der Waals surface area contributed by atoms with Crippen LogP contribution < -0.4 is 5.32 Å². The van der Waals surface area contributed by atoms with Crippen molar-refractivity contribution in [3.05, 3.63) is 0 Å². The van der Waals surface area contributed by atoms with Crippen LogP contribution in [0.3, 0.4) is 0 Å². The third-order valence-corrected chi connectivity index (χ3v) is 4.88. The normalized spacial score (nSPS) is 30.5. The molecule has 6 nitrogen and oxygen atoms in total. The third kappa shape index (κ3) is 4.11. The summed E-state index contributed by atoms with van der Waals surface area (Å²) >= 11 is 0.834. The Labute approximate surface area is 129 Å². The van der Waals surface area contributed by atoms with Gasteiger partial charge in [0.2, 0.25) is 5.91 Å². The van der Waals surface area contributed by atoms with Crippen molar-refractivity contribution in [1.82, 2.24) is 5.32 Å². The van der Waals surface area contributed by atoms with E-state index in [1.54, 1.807) is 6.92 Å². The van der Waals surface area contributed by atoms with Crippen LogP contribution in [0.5, 0.6) is 0 Å². The minimum Gasteiger partial charge on any atom is -0.473 e. The quantitative estimate of drug-likeness (QED) is 0.529. The van der Waals surface area contributed by atoms with Gasteiger partial charge in [-0.2, -0.15) is 0 Å². The van der Waals surface area contributed by atoms with Crippen LogP contribution in [-0.2, 0) is 4.79 Å². The molecule has 1 aliphatic rings. The van der Waals surface area contributed by atoms with Gasteiger partial charge in [-0.15, -0.1) is 0 Å². The lowest BCUT2D eigenvalue weighted by Gasteiger charge is -2.39. The Kier molecular flexibility index (Phi) is 6.49. The molecule has 4 unspecified atom stereocenters. The zero-order valence-electron chi connectivity index (χ0n) is 12.7. The lowest BCUT2D eigenvalue weighted by molar-refractivity contribution is -0.123. The molecule has 21 heavy (non-hydrogen) atoms. The monoisotopic (exact) mass is 319 g/mol. The minimum absolute atomic E-state index is 0.0985. The van der Waals surface area contributed by atoms with E-state index in [0.717, 1.165) is 11.8 Å². The zero-order chi connectivity index (χ0) is 16.2. The Morgan fingerprint density at radius 3 is 2.48 bits per heavy atom. The number of thioether (sulfide) groups is 1. The van der Waals surface area contributed by atoms with E-state index in [-0.39, 0.29) is 11.8 Å². The number of carbonyl (C=O) groups excluding carboxylic acids is 1. The van der Waals surface area contributed by atoms with Gasteiger partial charge in [0.15, 0.2) is 0 Å². The van der Waals surface area contributed by atoms with Crippen molar-refractivity contribution in [2.75, 3.05) is 5.75 Å². The van der Waals surface area contributed by atoms with Crippen LogP contribution in [0.25, 0.3) is 0 Å². The molecule has 0 spiro atoms. The van der Waals surface area contributed by atoms with Gasteiger partial charge in [-0.3, -0.25) is 4.79 Å². The summed E-state index contributed by atoms with van der Waals surface area (Å²) in [6.45, 7) is 5.33. The highest BCUT2D eigenvalue weighted by molar-refractivity contribution is 8.13. The number of aliphatic hydroxyl groups excluding tert-OH is 2. The van der Waals surface area contributed by atoms with E-state index in [1.807, 2.05) is 13.8 Å². The zero-order valence-corrected chi connectivity index (χ0v) is 13.5. The summed E-state index contributed by atoms with van der Waals surface area (Å²) in [6, 6.07) is 0. The van der Waals surface area contributed by atoms with Crippen molar-refractivity contribution in [3.8, 4) is 0 Å². The molecule has 0 saturated carbocycles. The summed E-state index contributed by atoms with van der Waals surface area (Å²) in [7, 11) is 0. The average Bonchev–Trinajstić information content (AvgIpc) is 2.62. The minimum atomic E-state index is -1.03. The highest BCUT2D eigenvalue weighted by Gasteiger charge is 2.54. The first-order valence-corrected chi connectivity index (χ1v) is 8.24. The van der Waals surface area contributed by atoms with Gasteiger partial charge < -0.3 is 20.6 Å². The standard InChI is InChI=1S/C14H25NO5S/c1-8(2)10(16)14(6-4-5-7-21-13(19)20)11(17)9(3)12(18)15-14/h8-11,16-17H,4-7H2,1-3H3,(H,15,18)(H,19,20). The van der Waals surface area contributed by atoms with Crippen molar-refractivity contribution in [1.29, 1.82) is 0 Å². The van der Waals surface area contributed by atoms with Crippen molar-refractivity contribution < 1.29 is 24.9 Å². The molecule has 0 aromatic heterocycles. The SMILES string of the molecule is CC(C)C(O)C1(CCCCSC(=O)O)NC(=O)C(C)C1O. The molecule has 1 saturated heterocycles. The molecule has 122 valence electrons. The Morgan fingerprint density at radius 1 is 1.43 bits per heavy atom. The summed E-state index contributed by atoms with van der Waals surface area (Å²) in [6.07, 6.45) is -0.0543. The predicted molar refractivity (Wildman–Crippen MR) is 81.2 cm³/mol. The van der Waals surface area contributed by atoms with Gasteiger partial charge in [0, 0.05) is 5.75 Å². The number of carboxylic acid groups (broad SMARTS) is 1. The number of aliphatic hydroxyl groups is 2. The maximum atomic E-state index is 11.8. The van der Waals surface area contributed by atoms with Crippen molar-refractivity contribution >= 4 is 23.0 Å². The van der Waals surface area contributed by atoms with Crippen molar-refractivity contribution in [2.24, 2.45) is 11.8 Å². The molecule has 1 heterocycles. The Balaban J connectivity index is 2.71. The molecule has 0 aromatic carbocycles. The van der Waals surface area contributed by atoms with E-state index >= 15 is 0 Å². The predicted octanol–water partition coefficient (Wildman–Crippen LogP) is 1.45. The van der Waals surface area contributed by atoms with Crippen LogP contribution in [0.2, 0.25) is 0 Å². The fraction of sp³-hybridized carbons (Fsp3) is 0.857. The summed E-state index contributed by atoms with van der Waals surface area (Å²) < 4.78 is 0. The molecule has 0 aromatic rings. The first-order chi connectivity index (χ1) is 9.72. The molecule has 1 rings (SSSR count). The van der Waals surface area contributed by atoms with Crippen LogP contribution in [-0.4, -0.2) is 50.0 Å². The molecule has 0 radical (unpaired) electrons. The van der Waals surface area contributed by atoms with Crippen LogP contribution in [0.4, 0.5) is 4.79 Å². The Bertz CT molecular complexity index is 390. The van der Waals surface area contributed by atoms with Gasteiger partial charge in [0.25, 0.3) is 0 Å². The first-order valence-electron chi connectivity index (χ1n) is 7.26. The fourth-order valence-electron chi connectivity index (χ4n) is 2.89. The van der Waals surface area contributed by atoms with Gasteiger partial charge in [0.1, 0.15) is 0 Å². The second kappa shape index (κ2) is 7.47. The van der Waals surface area contributed by atoms with E-state index in [9.17, 15) is 19.8 Å². The second-order valence-corrected chi connectivity index (χ2v) is 7.07. The van der Waals surface area contributed by atoms with E-state index in [0.29, 0.717) is 25.0 Å². The molecule has 1 aliphatic heterocycles. The second-order valence-electron chi connectivity index (χ2n) is 6.02. The molecule has 0 aliphatic carbocycles. The first kappa shape index (κ1) is 18.3. The fourth-order valence-corrected chi connectivity index (χ4v) is 3.41. The average molecular weight is 319 g/mol. The largest absolute Gasteiger partial charge is 0.473 e. The molecule has 4 atom stereocenters. The van der Waals surface area contributed by atoms with Gasteiger partial charge >= 0.3 is 5.30 Å². The highest BCUT2D eigenvalue weighted by Crippen LogP contribution is 2.36. The molecule has 4 N–H and O–H groups in total. The third-order valence-electron chi connectivity index (χ3n) is 4.14. The molecule has 1 fully saturated rings. The molecule has 0 bridgehead atoms. The lowest BCUT2D eigenvalue weighted by atomic mass is 9.77. The summed E-state index contributed by atoms with van der Waals surface area (Å²) in [5, 5.41) is 31.3. The van der Waals surface area contributed by atoms with Crippen LogP contribution in [0.15, 0.2) is 0 Å². The van der Waals surface area contributed by atoms with Gasteiger partial charge in [-0.25, -0.2) is 4.79 Å². The topological polar surface area (TPSA) is 107 Å². The molecule has 1 amide bonds. The number of hydrogen-bond acceptors (Lipinski definition) is 5. The Morgan fingerprint density at radius 2 is 2.05 bits per heavy atom. The van der Waals surface area contributed by atoms with E-state index in [4.69, 9.17) is 5.11 Å². The van der Waals surface area contributed by atoms with Crippen molar-refractivity contribution in [3.63, 3.8) is 0 Å². The van der Waals surface area contributed by atoms with Gasteiger partial charge in [-0.05, 0) is 30.5 Å². The van der Waals surface area contributed by atoms with Crippen molar-refractivity contribution in [2.45, 2.75) is 57.8 Å². The number of nitrogens with one attached hydrogen (secondary N) is 1. The maximum Gasteiger partial charge on any atom is 0.364 e. The van der Waals surface area contributed by atoms with Crippen LogP contribution in [0.1, 0.15) is 40.0 Å². The number of rotatable bonds is 7. The smallest absolute Gasteiger partial charge is 0.364 e. The van der Waals surface area contributed by atoms with E-state index in [2.05, 4.69) is 5.32 Å². The summed E-state index contributed by atoms with van der Waals surface area (Å²) in [4.78, 5) is 22.3.